The van der Waals surface area contributed by atoms with Crippen molar-refractivity contribution >= 4 is 30.4 Å². The monoisotopic (exact) mass is 306 g/mol. The van der Waals surface area contributed by atoms with Gasteiger partial charge in [-0.15, -0.1) is 12.6 Å². The Bertz CT molecular complexity index is 601. The van der Waals surface area contributed by atoms with Gasteiger partial charge in [0.05, 0.1) is 0 Å². The van der Waals surface area contributed by atoms with Gasteiger partial charge >= 0.3 is 0 Å². The summed E-state index contributed by atoms with van der Waals surface area (Å²) >= 11 is 4.34. The van der Waals surface area contributed by atoms with E-state index in [0.717, 1.165) is 10.5 Å². The van der Waals surface area contributed by atoms with E-state index in [9.17, 15) is 14.4 Å². The normalized spacial score (nSPS) is 20.6. The Hall–Kier alpha value is -1.82. The first-order chi connectivity index (χ1) is 10.1. The highest BCUT2D eigenvalue weighted by Crippen LogP contribution is 2.30. The molecule has 21 heavy (non-hydrogen) atoms. The predicted octanol–water partition coefficient (Wildman–Crippen LogP) is 1.76. The van der Waals surface area contributed by atoms with Gasteiger partial charge in [-0.05, 0) is 24.1 Å². The van der Waals surface area contributed by atoms with Crippen molar-refractivity contribution in [1.82, 2.24) is 10.2 Å². The summed E-state index contributed by atoms with van der Waals surface area (Å²) in [7, 11) is 0. The minimum absolute atomic E-state index is 0.166. The molecule has 0 radical (unpaired) electrons. The Morgan fingerprint density at radius 1 is 1.24 bits per heavy atom. The molecule has 0 aliphatic carbocycles. The SMILES string of the molecule is CC.O=C1CCC(N2Cc3c(S)cccc3C2=O)C(=O)N1. The number of carbonyl (C=O) groups is 3. The van der Waals surface area contributed by atoms with Gasteiger partial charge in [0.2, 0.25) is 11.8 Å². The molecule has 0 bridgehead atoms. The van der Waals surface area contributed by atoms with E-state index in [0.29, 0.717) is 18.5 Å². The number of imide groups is 1. The minimum atomic E-state index is -0.565. The van der Waals surface area contributed by atoms with Crippen LogP contribution in [0.3, 0.4) is 0 Å². The van der Waals surface area contributed by atoms with Gasteiger partial charge in [-0.3, -0.25) is 19.7 Å². The summed E-state index contributed by atoms with van der Waals surface area (Å²) in [6.45, 7) is 4.38. The second-order valence-electron chi connectivity index (χ2n) is 4.70. The first-order valence-corrected chi connectivity index (χ1v) is 7.48. The lowest BCUT2D eigenvalue weighted by molar-refractivity contribution is -0.136. The second-order valence-corrected chi connectivity index (χ2v) is 5.19. The van der Waals surface area contributed by atoms with E-state index in [4.69, 9.17) is 0 Å². The lowest BCUT2D eigenvalue weighted by atomic mass is 10.0. The lowest BCUT2D eigenvalue weighted by Crippen LogP contribution is -2.52. The third-order valence-corrected chi connectivity index (χ3v) is 3.98. The molecule has 1 saturated heterocycles. The van der Waals surface area contributed by atoms with Crippen molar-refractivity contribution in [3.05, 3.63) is 29.3 Å². The zero-order chi connectivity index (χ0) is 15.6. The van der Waals surface area contributed by atoms with E-state index in [-0.39, 0.29) is 18.2 Å². The number of benzene rings is 1. The van der Waals surface area contributed by atoms with Crippen LogP contribution < -0.4 is 5.32 Å². The fourth-order valence-electron chi connectivity index (χ4n) is 2.57. The second kappa shape index (κ2) is 6.30. The lowest BCUT2D eigenvalue weighted by Gasteiger charge is -2.29. The highest BCUT2D eigenvalue weighted by molar-refractivity contribution is 7.80. The summed E-state index contributed by atoms with van der Waals surface area (Å²) < 4.78 is 0. The Morgan fingerprint density at radius 2 is 1.95 bits per heavy atom. The molecule has 5 nitrogen and oxygen atoms in total. The van der Waals surface area contributed by atoms with E-state index in [1.54, 1.807) is 12.1 Å². The van der Waals surface area contributed by atoms with Gasteiger partial charge in [0.25, 0.3) is 5.91 Å². The zero-order valence-electron chi connectivity index (χ0n) is 12.0. The third kappa shape index (κ3) is 2.81. The molecular formula is C15H18N2O3S. The number of hydrogen-bond acceptors (Lipinski definition) is 4. The molecule has 1 unspecified atom stereocenters. The fourth-order valence-corrected chi connectivity index (χ4v) is 2.85. The number of rotatable bonds is 1. The number of piperidine rings is 1. The molecule has 0 aromatic heterocycles. The number of carbonyl (C=O) groups excluding carboxylic acids is 3. The topological polar surface area (TPSA) is 66.5 Å². The van der Waals surface area contributed by atoms with Crippen LogP contribution in [0.1, 0.15) is 42.6 Å². The Morgan fingerprint density at radius 3 is 2.57 bits per heavy atom. The van der Waals surface area contributed by atoms with Gasteiger partial charge in [-0.1, -0.05) is 19.9 Å². The fraction of sp³-hybridized carbons (Fsp3) is 0.400. The van der Waals surface area contributed by atoms with E-state index in [2.05, 4.69) is 17.9 Å². The summed E-state index contributed by atoms with van der Waals surface area (Å²) in [5, 5.41) is 2.28. The molecule has 1 N–H and O–H groups in total. The number of amides is 3. The van der Waals surface area contributed by atoms with Crippen molar-refractivity contribution in [3.8, 4) is 0 Å². The van der Waals surface area contributed by atoms with E-state index in [1.807, 2.05) is 19.9 Å². The molecule has 2 aliphatic rings. The molecule has 0 saturated carbocycles. The molecular weight excluding hydrogens is 288 g/mol. The van der Waals surface area contributed by atoms with Gasteiger partial charge in [-0.2, -0.15) is 0 Å². The van der Waals surface area contributed by atoms with Gasteiger partial charge in [0, 0.05) is 23.4 Å². The standard InChI is InChI=1S/C13H12N2O3S.C2H6/c16-11-5-4-9(12(17)14-11)15-6-8-7(13(15)18)2-1-3-10(8)19;1-2/h1-3,9,19H,4-6H2,(H,14,16,17);1-2H3. The smallest absolute Gasteiger partial charge is 0.255 e. The Balaban J connectivity index is 0.000000774. The quantitative estimate of drug-likeness (QED) is 0.614. The average Bonchev–Trinajstić information content (AvgIpc) is 2.80. The average molecular weight is 306 g/mol. The highest BCUT2D eigenvalue weighted by atomic mass is 32.1. The van der Waals surface area contributed by atoms with E-state index in [1.165, 1.54) is 4.90 Å². The van der Waals surface area contributed by atoms with Crippen LogP contribution in [-0.4, -0.2) is 28.7 Å². The summed E-state index contributed by atoms with van der Waals surface area (Å²) in [5.74, 6) is -0.834. The number of thiol groups is 1. The summed E-state index contributed by atoms with van der Waals surface area (Å²) in [5.41, 5.74) is 1.44. The third-order valence-electron chi connectivity index (χ3n) is 3.56. The Kier molecular flexibility index (Phi) is 4.67. The number of nitrogens with one attached hydrogen (secondary N) is 1. The number of nitrogens with zero attached hydrogens (tertiary/aromatic N) is 1. The van der Waals surface area contributed by atoms with Gasteiger partial charge in [0.15, 0.2) is 0 Å². The van der Waals surface area contributed by atoms with Crippen molar-refractivity contribution in [1.29, 1.82) is 0 Å². The molecule has 3 amide bonds. The summed E-state index contributed by atoms with van der Waals surface area (Å²) in [4.78, 5) is 37.5. The van der Waals surface area contributed by atoms with E-state index < -0.39 is 11.9 Å². The molecule has 1 aromatic carbocycles. The first-order valence-electron chi connectivity index (χ1n) is 7.03. The molecule has 2 aliphatic heterocycles. The van der Waals surface area contributed by atoms with Crippen LogP contribution in [0.15, 0.2) is 23.1 Å². The molecule has 1 atom stereocenters. The maximum absolute atomic E-state index is 12.3. The van der Waals surface area contributed by atoms with Crippen molar-refractivity contribution in [2.75, 3.05) is 0 Å². The van der Waals surface area contributed by atoms with Crippen LogP contribution in [0.4, 0.5) is 0 Å². The van der Waals surface area contributed by atoms with Gasteiger partial charge in [0.1, 0.15) is 6.04 Å². The predicted molar refractivity (Wildman–Crippen MR) is 81.1 cm³/mol. The number of hydrogen-bond donors (Lipinski definition) is 2. The van der Waals surface area contributed by atoms with Crippen molar-refractivity contribution in [3.63, 3.8) is 0 Å². The van der Waals surface area contributed by atoms with Crippen LogP contribution in [0.2, 0.25) is 0 Å². The van der Waals surface area contributed by atoms with E-state index >= 15 is 0 Å². The maximum Gasteiger partial charge on any atom is 0.255 e. The summed E-state index contributed by atoms with van der Waals surface area (Å²) in [6, 6.07) is 4.77. The van der Waals surface area contributed by atoms with Crippen LogP contribution in [0.25, 0.3) is 0 Å². The van der Waals surface area contributed by atoms with Crippen LogP contribution >= 0.6 is 12.6 Å². The van der Waals surface area contributed by atoms with Crippen LogP contribution in [0, 0.1) is 0 Å². The Labute approximate surface area is 129 Å². The molecule has 6 heteroatoms. The van der Waals surface area contributed by atoms with Crippen molar-refractivity contribution < 1.29 is 14.4 Å². The minimum Gasteiger partial charge on any atom is -0.322 e. The van der Waals surface area contributed by atoms with Crippen molar-refractivity contribution in [2.45, 2.75) is 44.2 Å². The van der Waals surface area contributed by atoms with Crippen LogP contribution in [0.5, 0.6) is 0 Å². The molecule has 112 valence electrons. The highest BCUT2D eigenvalue weighted by Gasteiger charge is 2.39. The molecule has 0 spiro atoms. The van der Waals surface area contributed by atoms with Crippen LogP contribution in [-0.2, 0) is 16.1 Å². The first kappa shape index (κ1) is 15.6. The molecule has 1 fully saturated rings. The maximum atomic E-state index is 12.3. The molecule has 3 rings (SSSR count). The largest absolute Gasteiger partial charge is 0.322 e. The van der Waals surface area contributed by atoms with Crippen molar-refractivity contribution in [2.24, 2.45) is 0 Å². The zero-order valence-corrected chi connectivity index (χ0v) is 12.9. The summed E-state index contributed by atoms with van der Waals surface area (Å²) in [6.07, 6.45) is 0.649. The van der Waals surface area contributed by atoms with Gasteiger partial charge < -0.3 is 4.90 Å². The molecule has 1 aromatic rings. The van der Waals surface area contributed by atoms with Gasteiger partial charge in [-0.25, -0.2) is 0 Å². The molecule has 2 heterocycles. The number of fused-ring (bicyclic) bond motifs is 1.